The fourth-order valence-electron chi connectivity index (χ4n) is 4.42. The Kier molecular flexibility index (Phi) is 5.77. The smallest absolute Gasteiger partial charge is 0.141 e. The number of nitrogens with one attached hydrogen (secondary N) is 1. The molecule has 160 valence electrons. The van der Waals surface area contributed by atoms with E-state index in [1.807, 2.05) is 12.3 Å². The van der Waals surface area contributed by atoms with Gasteiger partial charge in [0.05, 0.1) is 23.7 Å². The van der Waals surface area contributed by atoms with E-state index in [2.05, 4.69) is 74.8 Å². The van der Waals surface area contributed by atoms with Crippen LogP contribution >= 0.6 is 0 Å². The molecule has 1 aromatic carbocycles. The van der Waals surface area contributed by atoms with Crippen molar-refractivity contribution in [3.8, 4) is 17.3 Å². The molecule has 1 aliphatic heterocycles. The Morgan fingerprint density at radius 1 is 1.19 bits per heavy atom. The zero-order chi connectivity index (χ0) is 22.0. The summed E-state index contributed by atoms with van der Waals surface area (Å²) in [6, 6.07) is 13.3. The van der Waals surface area contributed by atoms with Crippen LogP contribution in [0.3, 0.4) is 0 Å². The van der Waals surface area contributed by atoms with E-state index in [1.54, 1.807) is 13.3 Å². The van der Waals surface area contributed by atoms with E-state index in [-0.39, 0.29) is 12.1 Å². The average Bonchev–Trinajstić information content (AvgIpc) is 3.36. The molecular weight excluding hydrogens is 388 g/mol. The third-order valence-corrected chi connectivity index (χ3v) is 5.97. The number of aromatic nitrogens is 4. The maximum Gasteiger partial charge on any atom is 0.141 e. The highest BCUT2D eigenvalue weighted by Gasteiger charge is 2.46. The molecule has 2 N–H and O–H groups in total. The Hall–Kier alpha value is -3.21. The zero-order valence-electron chi connectivity index (χ0n) is 18.2. The van der Waals surface area contributed by atoms with Gasteiger partial charge in [0.25, 0.3) is 0 Å². The van der Waals surface area contributed by atoms with Gasteiger partial charge in [0.1, 0.15) is 12.0 Å². The summed E-state index contributed by atoms with van der Waals surface area (Å²) in [5, 5.41) is 19.3. The van der Waals surface area contributed by atoms with Crippen LogP contribution in [-0.2, 0) is 5.54 Å². The second kappa shape index (κ2) is 8.50. The van der Waals surface area contributed by atoms with Crippen LogP contribution < -0.4 is 0 Å². The third-order valence-electron chi connectivity index (χ3n) is 5.97. The predicted molar refractivity (Wildman–Crippen MR) is 122 cm³/mol. The molecule has 1 saturated heterocycles. The van der Waals surface area contributed by atoms with E-state index in [0.29, 0.717) is 12.5 Å². The van der Waals surface area contributed by atoms with Crippen LogP contribution in [0.2, 0.25) is 0 Å². The van der Waals surface area contributed by atoms with Crippen molar-refractivity contribution in [3.63, 3.8) is 0 Å². The summed E-state index contributed by atoms with van der Waals surface area (Å²) in [4.78, 5) is 14.5. The molecule has 7 heteroatoms. The minimum atomic E-state index is -0.193. The molecule has 0 spiro atoms. The summed E-state index contributed by atoms with van der Waals surface area (Å²) in [6.07, 6.45) is 6.19. The Morgan fingerprint density at radius 2 is 1.94 bits per heavy atom. The minimum absolute atomic E-state index is 0.193. The van der Waals surface area contributed by atoms with Crippen LogP contribution in [0.15, 0.2) is 49.1 Å². The molecule has 0 atom stereocenters. The van der Waals surface area contributed by atoms with Crippen LogP contribution in [0.1, 0.15) is 27.2 Å². The number of benzene rings is 1. The molecule has 1 aliphatic rings. The van der Waals surface area contributed by atoms with Crippen LogP contribution in [0, 0.1) is 11.3 Å². The number of hydrogen-bond acceptors (Lipinski definition) is 5. The van der Waals surface area contributed by atoms with Gasteiger partial charge in [-0.3, -0.25) is 4.90 Å². The second-order valence-electron chi connectivity index (χ2n) is 8.27. The number of hydrogen-bond donors (Lipinski definition) is 2. The van der Waals surface area contributed by atoms with Gasteiger partial charge in [-0.1, -0.05) is 18.2 Å². The maximum atomic E-state index is 9.56. The zero-order valence-corrected chi connectivity index (χ0v) is 18.2. The molecule has 31 heavy (non-hydrogen) atoms. The molecule has 0 bridgehead atoms. The van der Waals surface area contributed by atoms with Crippen molar-refractivity contribution in [2.75, 3.05) is 19.7 Å². The predicted octanol–water partition coefficient (Wildman–Crippen LogP) is 3.91. The molecule has 4 aromatic rings. The molecule has 3 aromatic heterocycles. The van der Waals surface area contributed by atoms with Crippen molar-refractivity contribution in [1.29, 1.82) is 5.26 Å². The maximum absolute atomic E-state index is 9.56. The highest BCUT2D eigenvalue weighted by molar-refractivity contribution is 6.02. The quantitative estimate of drug-likeness (QED) is 0.526. The first kappa shape index (κ1) is 21.0. The number of likely N-dealkylation sites (tertiary alicyclic amines) is 1. The first-order valence-corrected chi connectivity index (χ1v) is 10.7. The molecule has 1 fully saturated rings. The third kappa shape index (κ3) is 3.58. The standard InChI is InChI=1S/C22H22N6.C2H6O/c1-15(2)27-12-22(13-27,8-9-23)28-11-18(16-5-3-4-6-19(16)28)20-17-7-10-24-21(17)26-14-25-20;1-2-3/h3-7,10-11,14-15H,8,12-13H2,1-2H3,(H,24,25,26);3H,2H2,1H3. The van der Waals surface area contributed by atoms with Crippen molar-refractivity contribution in [3.05, 3.63) is 49.1 Å². The lowest BCUT2D eigenvalue weighted by atomic mass is 9.85. The van der Waals surface area contributed by atoms with Gasteiger partial charge >= 0.3 is 0 Å². The molecule has 7 nitrogen and oxygen atoms in total. The lowest BCUT2D eigenvalue weighted by Crippen LogP contribution is -2.64. The molecule has 0 radical (unpaired) electrons. The first-order valence-electron chi connectivity index (χ1n) is 10.7. The summed E-state index contributed by atoms with van der Waals surface area (Å²) < 4.78 is 2.32. The van der Waals surface area contributed by atoms with Gasteiger partial charge in [0.15, 0.2) is 0 Å². The Labute approximate surface area is 182 Å². The van der Waals surface area contributed by atoms with Crippen LogP contribution in [0.4, 0.5) is 0 Å². The summed E-state index contributed by atoms with van der Waals surface area (Å²) in [6.45, 7) is 8.12. The monoisotopic (exact) mass is 416 g/mol. The number of nitriles is 1. The van der Waals surface area contributed by atoms with E-state index in [0.717, 1.165) is 46.3 Å². The van der Waals surface area contributed by atoms with Crippen LogP contribution in [0.25, 0.3) is 33.2 Å². The summed E-state index contributed by atoms with van der Waals surface area (Å²) in [5.41, 5.74) is 3.80. The highest BCUT2D eigenvalue weighted by Crippen LogP contribution is 2.41. The average molecular weight is 417 g/mol. The Balaban J connectivity index is 0.000000730. The van der Waals surface area contributed by atoms with Crippen molar-refractivity contribution < 1.29 is 5.11 Å². The van der Waals surface area contributed by atoms with Gasteiger partial charge in [0, 0.05) is 60.0 Å². The molecule has 0 aliphatic carbocycles. The summed E-state index contributed by atoms with van der Waals surface area (Å²) in [7, 11) is 0. The van der Waals surface area contributed by atoms with E-state index in [4.69, 9.17) is 5.11 Å². The fraction of sp³-hybridized carbons (Fsp3) is 0.375. The number of aliphatic hydroxyl groups excluding tert-OH is 1. The molecular formula is C24H28N6O. The van der Waals surface area contributed by atoms with Gasteiger partial charge in [0.2, 0.25) is 0 Å². The highest BCUT2D eigenvalue weighted by atomic mass is 16.2. The normalized spacial score (nSPS) is 15.5. The van der Waals surface area contributed by atoms with E-state index in [9.17, 15) is 5.26 Å². The lowest BCUT2D eigenvalue weighted by Gasteiger charge is -2.52. The molecule has 0 saturated carbocycles. The fourth-order valence-corrected chi connectivity index (χ4v) is 4.42. The first-order chi connectivity index (χ1) is 15.0. The van der Waals surface area contributed by atoms with Crippen LogP contribution in [0.5, 0.6) is 0 Å². The number of nitrogens with zero attached hydrogens (tertiary/aromatic N) is 5. The van der Waals surface area contributed by atoms with Crippen molar-refractivity contribution in [2.45, 2.75) is 38.8 Å². The van der Waals surface area contributed by atoms with Gasteiger partial charge < -0.3 is 14.7 Å². The number of aromatic amines is 1. The summed E-state index contributed by atoms with van der Waals surface area (Å²) >= 11 is 0. The van der Waals surface area contributed by atoms with E-state index >= 15 is 0 Å². The van der Waals surface area contributed by atoms with E-state index in [1.165, 1.54) is 0 Å². The molecule has 5 rings (SSSR count). The largest absolute Gasteiger partial charge is 0.397 e. The van der Waals surface area contributed by atoms with Gasteiger partial charge in [-0.25, -0.2) is 9.97 Å². The summed E-state index contributed by atoms with van der Waals surface area (Å²) in [5.74, 6) is 0. The van der Waals surface area contributed by atoms with Gasteiger partial charge in [-0.15, -0.1) is 0 Å². The second-order valence-corrected chi connectivity index (χ2v) is 8.27. The lowest BCUT2D eigenvalue weighted by molar-refractivity contribution is -0.00545. The van der Waals surface area contributed by atoms with Crippen molar-refractivity contribution >= 4 is 21.9 Å². The van der Waals surface area contributed by atoms with Crippen molar-refractivity contribution in [2.24, 2.45) is 0 Å². The van der Waals surface area contributed by atoms with Crippen molar-refractivity contribution in [1.82, 2.24) is 24.4 Å². The SMILES string of the molecule is CC(C)N1CC(CC#N)(n2cc(-c3ncnc4[nH]ccc34)c3ccccc32)C1.CCO. The molecule has 0 unspecified atom stereocenters. The number of aliphatic hydroxyl groups is 1. The number of H-pyrrole nitrogens is 1. The van der Waals surface area contributed by atoms with Gasteiger partial charge in [-0.05, 0) is 32.9 Å². The Bertz CT molecular complexity index is 1230. The van der Waals surface area contributed by atoms with Crippen LogP contribution in [-0.4, -0.2) is 55.3 Å². The number of fused-ring (bicyclic) bond motifs is 2. The van der Waals surface area contributed by atoms with E-state index < -0.39 is 0 Å². The molecule has 4 heterocycles. The number of rotatable bonds is 4. The Morgan fingerprint density at radius 3 is 2.65 bits per heavy atom. The topological polar surface area (TPSA) is 93.8 Å². The minimum Gasteiger partial charge on any atom is -0.397 e. The molecule has 0 amide bonds. The number of para-hydroxylation sites is 1. The van der Waals surface area contributed by atoms with Gasteiger partial charge in [-0.2, -0.15) is 5.26 Å².